The van der Waals surface area contributed by atoms with E-state index in [1.165, 1.54) is 11.8 Å². The van der Waals surface area contributed by atoms with Crippen LogP contribution in [0.2, 0.25) is 5.02 Å². The van der Waals surface area contributed by atoms with Crippen molar-refractivity contribution in [3.05, 3.63) is 58.9 Å². The summed E-state index contributed by atoms with van der Waals surface area (Å²) in [5.41, 5.74) is 2.25. The van der Waals surface area contributed by atoms with Crippen molar-refractivity contribution in [3.8, 4) is 5.75 Å². The van der Waals surface area contributed by atoms with E-state index in [2.05, 4.69) is 20.8 Å². The quantitative estimate of drug-likeness (QED) is 0.406. The number of amides is 2. The van der Waals surface area contributed by atoms with E-state index in [0.29, 0.717) is 40.5 Å². The number of rotatable bonds is 10. The average Bonchev–Trinajstić information content (AvgIpc) is 3.17. The van der Waals surface area contributed by atoms with Crippen LogP contribution in [0.1, 0.15) is 25.2 Å². The monoisotopic (exact) mass is 487 g/mol. The summed E-state index contributed by atoms with van der Waals surface area (Å²) in [6.07, 6.45) is 0.0608. The van der Waals surface area contributed by atoms with Gasteiger partial charge < -0.3 is 19.9 Å². The highest BCUT2D eigenvalue weighted by atomic mass is 35.5. The lowest BCUT2D eigenvalue weighted by Crippen LogP contribution is -2.18. The fourth-order valence-electron chi connectivity index (χ4n) is 3.02. The normalized spacial score (nSPS) is 10.7. The Hall–Kier alpha value is -3.04. The van der Waals surface area contributed by atoms with Gasteiger partial charge in [0.2, 0.25) is 11.8 Å². The summed E-state index contributed by atoms with van der Waals surface area (Å²) >= 11 is 7.39. The number of nitrogens with zero attached hydrogens (tertiary/aromatic N) is 3. The van der Waals surface area contributed by atoms with Gasteiger partial charge in [-0.15, -0.1) is 10.2 Å². The van der Waals surface area contributed by atoms with Crippen molar-refractivity contribution in [1.29, 1.82) is 0 Å². The van der Waals surface area contributed by atoms with Gasteiger partial charge in [0.15, 0.2) is 5.16 Å². The number of carbonyl (C=O) groups is 2. The van der Waals surface area contributed by atoms with Crippen LogP contribution in [0.5, 0.6) is 5.75 Å². The molecule has 0 saturated carbocycles. The number of benzene rings is 2. The van der Waals surface area contributed by atoms with Gasteiger partial charge in [0.25, 0.3) is 0 Å². The molecule has 0 aliphatic rings. The highest BCUT2D eigenvalue weighted by Crippen LogP contribution is 2.21. The smallest absolute Gasteiger partial charge is 0.234 e. The molecule has 2 aromatic carbocycles. The summed E-state index contributed by atoms with van der Waals surface area (Å²) in [6, 6.07) is 12.6. The molecule has 2 N–H and O–H groups in total. The van der Waals surface area contributed by atoms with Gasteiger partial charge in [-0.25, -0.2) is 0 Å². The molecule has 8 nitrogen and oxygen atoms in total. The molecule has 0 atom stereocenters. The van der Waals surface area contributed by atoms with Gasteiger partial charge in [0.05, 0.1) is 18.8 Å². The van der Waals surface area contributed by atoms with E-state index in [1.54, 1.807) is 24.3 Å². The van der Waals surface area contributed by atoms with Gasteiger partial charge in [0, 0.05) is 22.9 Å². The highest BCUT2D eigenvalue weighted by Gasteiger charge is 2.16. The maximum atomic E-state index is 12.5. The van der Waals surface area contributed by atoms with Crippen LogP contribution in [0.25, 0.3) is 0 Å². The van der Waals surface area contributed by atoms with Crippen molar-refractivity contribution in [1.82, 2.24) is 14.8 Å². The van der Waals surface area contributed by atoms with Crippen LogP contribution >= 0.6 is 23.4 Å². The first-order valence-corrected chi connectivity index (χ1v) is 11.9. The summed E-state index contributed by atoms with van der Waals surface area (Å²) in [5, 5.41) is 15.2. The third kappa shape index (κ3) is 6.97. The number of aryl methyl sites for hydroxylation is 1. The Bertz CT molecular complexity index is 1120. The Labute approximate surface area is 202 Å². The maximum absolute atomic E-state index is 12.5. The summed E-state index contributed by atoms with van der Waals surface area (Å²) in [7, 11) is 0. The topological polar surface area (TPSA) is 98.1 Å². The van der Waals surface area contributed by atoms with Crippen LogP contribution in [0.4, 0.5) is 11.4 Å². The Kier molecular flexibility index (Phi) is 8.73. The number of halogens is 1. The van der Waals surface area contributed by atoms with Crippen molar-refractivity contribution in [2.24, 2.45) is 0 Å². The van der Waals surface area contributed by atoms with Crippen LogP contribution < -0.4 is 15.4 Å². The van der Waals surface area contributed by atoms with E-state index in [9.17, 15) is 9.59 Å². The van der Waals surface area contributed by atoms with Crippen molar-refractivity contribution in [3.63, 3.8) is 0 Å². The molecule has 3 aromatic rings. The maximum Gasteiger partial charge on any atom is 0.234 e. The molecule has 3 rings (SSSR count). The molecular weight excluding hydrogens is 462 g/mol. The van der Waals surface area contributed by atoms with Gasteiger partial charge in [-0.05, 0) is 62.7 Å². The molecule has 0 radical (unpaired) electrons. The lowest BCUT2D eigenvalue weighted by Gasteiger charge is -2.09. The number of hydrogen-bond donors (Lipinski definition) is 2. The average molecular weight is 488 g/mol. The first-order valence-electron chi connectivity index (χ1n) is 10.5. The molecule has 0 saturated heterocycles. The molecule has 0 bridgehead atoms. The zero-order chi connectivity index (χ0) is 23.8. The zero-order valence-electron chi connectivity index (χ0n) is 18.7. The van der Waals surface area contributed by atoms with Crippen LogP contribution in [0, 0.1) is 6.92 Å². The van der Waals surface area contributed by atoms with Gasteiger partial charge in [-0.2, -0.15) is 0 Å². The van der Waals surface area contributed by atoms with Crippen molar-refractivity contribution >= 4 is 46.6 Å². The Morgan fingerprint density at radius 3 is 2.39 bits per heavy atom. The second-order valence-electron chi connectivity index (χ2n) is 7.13. The minimum atomic E-state index is -0.221. The highest BCUT2D eigenvalue weighted by molar-refractivity contribution is 7.99. The molecule has 0 unspecified atom stereocenters. The number of ether oxygens (including phenoxy) is 1. The SMILES string of the molecule is CCOc1ccc(NC(=O)CSc2nnc(CC(=O)Nc3ccc(C)c(Cl)c3)n2CC)cc1. The van der Waals surface area contributed by atoms with E-state index in [4.69, 9.17) is 16.3 Å². The molecule has 1 aromatic heterocycles. The predicted octanol–water partition coefficient (Wildman–Crippen LogP) is 4.57. The first kappa shape index (κ1) is 24.6. The molecule has 1 heterocycles. The number of thioether (sulfide) groups is 1. The molecule has 0 aliphatic carbocycles. The summed E-state index contributed by atoms with van der Waals surface area (Å²) < 4.78 is 7.23. The molecule has 174 valence electrons. The Morgan fingerprint density at radius 1 is 1.03 bits per heavy atom. The fraction of sp³-hybridized carbons (Fsp3) is 0.304. The minimum absolute atomic E-state index is 0.0608. The third-order valence-electron chi connectivity index (χ3n) is 4.67. The second-order valence-corrected chi connectivity index (χ2v) is 8.48. The number of carbonyl (C=O) groups excluding carboxylic acids is 2. The van der Waals surface area contributed by atoms with E-state index >= 15 is 0 Å². The predicted molar refractivity (Wildman–Crippen MR) is 131 cm³/mol. The number of nitrogens with one attached hydrogen (secondary N) is 2. The van der Waals surface area contributed by atoms with Crippen molar-refractivity contribution in [2.75, 3.05) is 23.0 Å². The third-order valence-corrected chi connectivity index (χ3v) is 6.04. The first-order chi connectivity index (χ1) is 15.9. The molecule has 10 heteroatoms. The van der Waals surface area contributed by atoms with Crippen molar-refractivity contribution in [2.45, 2.75) is 38.9 Å². The van der Waals surface area contributed by atoms with Gasteiger partial charge in [0.1, 0.15) is 11.6 Å². The minimum Gasteiger partial charge on any atom is -0.494 e. The number of anilines is 2. The second kappa shape index (κ2) is 11.7. The fourth-order valence-corrected chi connectivity index (χ4v) is 4.02. The number of hydrogen-bond acceptors (Lipinski definition) is 6. The van der Waals surface area contributed by atoms with Crippen molar-refractivity contribution < 1.29 is 14.3 Å². The van der Waals surface area contributed by atoms with Crippen LogP contribution in [0.3, 0.4) is 0 Å². The van der Waals surface area contributed by atoms with Gasteiger partial charge in [-0.1, -0.05) is 29.4 Å². The standard InChI is InChI=1S/C23H26ClN5O3S/c1-4-29-20(13-21(30)26-17-7-6-15(3)19(24)12-17)27-28-23(29)33-14-22(31)25-16-8-10-18(11-9-16)32-5-2/h6-12H,4-5,13-14H2,1-3H3,(H,25,31)(H,26,30). The van der Waals surface area contributed by atoms with E-state index in [1.807, 2.05) is 43.5 Å². The van der Waals surface area contributed by atoms with Crippen LogP contribution in [0.15, 0.2) is 47.6 Å². The zero-order valence-corrected chi connectivity index (χ0v) is 20.3. The summed E-state index contributed by atoms with van der Waals surface area (Å²) in [4.78, 5) is 24.8. The lowest BCUT2D eigenvalue weighted by molar-refractivity contribution is -0.116. The van der Waals surface area contributed by atoms with Crippen LogP contribution in [-0.4, -0.2) is 38.9 Å². The largest absolute Gasteiger partial charge is 0.494 e. The molecule has 0 aliphatic heterocycles. The summed E-state index contributed by atoms with van der Waals surface area (Å²) in [5.74, 6) is 1.07. The summed E-state index contributed by atoms with van der Waals surface area (Å²) in [6.45, 7) is 6.92. The number of aromatic nitrogens is 3. The van der Waals surface area contributed by atoms with E-state index < -0.39 is 0 Å². The van der Waals surface area contributed by atoms with E-state index in [-0.39, 0.29) is 24.0 Å². The van der Waals surface area contributed by atoms with Gasteiger partial charge in [-0.3, -0.25) is 9.59 Å². The molecular formula is C23H26ClN5O3S. The molecule has 2 amide bonds. The molecule has 33 heavy (non-hydrogen) atoms. The van der Waals surface area contributed by atoms with E-state index in [0.717, 1.165) is 11.3 Å². The lowest BCUT2D eigenvalue weighted by atomic mass is 10.2. The molecule has 0 fully saturated rings. The molecule has 0 spiro atoms. The van der Waals surface area contributed by atoms with Gasteiger partial charge >= 0.3 is 0 Å². The Morgan fingerprint density at radius 2 is 1.73 bits per heavy atom. The Balaban J connectivity index is 1.55. The van der Waals surface area contributed by atoms with Crippen LogP contribution in [-0.2, 0) is 22.6 Å².